The molecule has 1 saturated heterocycles. The quantitative estimate of drug-likeness (QED) is 0.400. The standard InChI is InChI=1S/C26H25N3O4/c30-25(21-9-11-23(12-10-21)29-15-1-2-16-29)28-27-17-19-5-13-24(14-6-19)33-18-20-3-7-22(8-4-20)26(31)32/h3-14,17H,1-2,15-16,18H2,(H,28,30)(H,31,32)/b27-17-. The molecule has 1 aliphatic heterocycles. The van der Waals surface area contributed by atoms with E-state index in [1.807, 2.05) is 48.5 Å². The number of carboxylic acids is 1. The molecule has 0 unspecified atom stereocenters. The molecule has 1 heterocycles. The number of nitrogens with zero attached hydrogens (tertiary/aromatic N) is 2. The number of carbonyl (C=O) groups excluding carboxylic acids is 1. The first-order valence-electron chi connectivity index (χ1n) is 10.8. The van der Waals surface area contributed by atoms with Crippen LogP contribution in [0.1, 0.15) is 44.7 Å². The summed E-state index contributed by atoms with van der Waals surface area (Å²) in [5.74, 6) is -0.531. The average Bonchev–Trinajstić information content (AvgIpc) is 3.39. The van der Waals surface area contributed by atoms with Crippen molar-refractivity contribution in [3.8, 4) is 5.75 Å². The minimum Gasteiger partial charge on any atom is -0.489 e. The molecule has 7 nitrogen and oxygen atoms in total. The van der Waals surface area contributed by atoms with Crippen molar-refractivity contribution in [2.24, 2.45) is 5.10 Å². The van der Waals surface area contributed by atoms with Gasteiger partial charge in [-0.1, -0.05) is 12.1 Å². The second-order valence-corrected chi connectivity index (χ2v) is 7.80. The summed E-state index contributed by atoms with van der Waals surface area (Å²) in [7, 11) is 0. The minimum atomic E-state index is -0.952. The maximum atomic E-state index is 12.3. The van der Waals surface area contributed by atoms with E-state index in [0.717, 1.165) is 29.9 Å². The fraction of sp³-hybridized carbons (Fsp3) is 0.192. The summed E-state index contributed by atoms with van der Waals surface area (Å²) in [5.41, 5.74) is 6.20. The number of ether oxygens (including phenoxy) is 1. The van der Waals surface area contributed by atoms with E-state index in [1.54, 1.807) is 30.5 Å². The largest absolute Gasteiger partial charge is 0.489 e. The van der Waals surface area contributed by atoms with E-state index in [4.69, 9.17) is 9.84 Å². The van der Waals surface area contributed by atoms with Gasteiger partial charge in [-0.05, 0) is 84.6 Å². The van der Waals surface area contributed by atoms with Gasteiger partial charge in [0.2, 0.25) is 0 Å². The first-order valence-corrected chi connectivity index (χ1v) is 10.8. The molecule has 33 heavy (non-hydrogen) atoms. The van der Waals surface area contributed by atoms with Gasteiger partial charge < -0.3 is 14.7 Å². The molecule has 3 aromatic carbocycles. The fourth-order valence-corrected chi connectivity index (χ4v) is 3.59. The molecule has 0 bridgehead atoms. The Morgan fingerprint density at radius 1 is 0.909 bits per heavy atom. The number of hydrogen-bond donors (Lipinski definition) is 2. The lowest BCUT2D eigenvalue weighted by molar-refractivity contribution is 0.0696. The van der Waals surface area contributed by atoms with Crippen molar-refractivity contribution < 1.29 is 19.4 Å². The Bertz CT molecular complexity index is 1120. The van der Waals surface area contributed by atoms with Crippen LogP contribution in [0, 0.1) is 0 Å². The van der Waals surface area contributed by atoms with E-state index in [1.165, 1.54) is 12.8 Å². The molecule has 1 aliphatic rings. The number of hydrazone groups is 1. The van der Waals surface area contributed by atoms with Crippen molar-refractivity contribution in [1.29, 1.82) is 0 Å². The van der Waals surface area contributed by atoms with Crippen LogP contribution in [0.2, 0.25) is 0 Å². The summed E-state index contributed by atoms with van der Waals surface area (Å²) in [6.45, 7) is 2.47. The number of aromatic carboxylic acids is 1. The highest BCUT2D eigenvalue weighted by Crippen LogP contribution is 2.20. The summed E-state index contributed by atoms with van der Waals surface area (Å²) in [4.78, 5) is 25.5. The van der Waals surface area contributed by atoms with E-state index in [-0.39, 0.29) is 11.5 Å². The number of amides is 1. The number of benzene rings is 3. The van der Waals surface area contributed by atoms with Crippen molar-refractivity contribution in [2.45, 2.75) is 19.4 Å². The maximum Gasteiger partial charge on any atom is 0.335 e. The van der Waals surface area contributed by atoms with Gasteiger partial charge in [0.1, 0.15) is 12.4 Å². The van der Waals surface area contributed by atoms with Gasteiger partial charge in [0, 0.05) is 24.3 Å². The van der Waals surface area contributed by atoms with Gasteiger partial charge >= 0.3 is 5.97 Å². The Hall–Kier alpha value is -4.13. The monoisotopic (exact) mass is 443 g/mol. The minimum absolute atomic E-state index is 0.244. The molecular formula is C26H25N3O4. The number of anilines is 1. The summed E-state index contributed by atoms with van der Waals surface area (Å²) in [5, 5.41) is 13.0. The van der Waals surface area contributed by atoms with Crippen LogP contribution >= 0.6 is 0 Å². The van der Waals surface area contributed by atoms with Crippen molar-refractivity contribution in [3.05, 3.63) is 95.1 Å². The molecule has 0 aromatic heterocycles. The third-order valence-corrected chi connectivity index (χ3v) is 5.47. The van der Waals surface area contributed by atoms with Gasteiger partial charge in [-0.25, -0.2) is 10.2 Å². The van der Waals surface area contributed by atoms with Crippen LogP contribution < -0.4 is 15.1 Å². The third-order valence-electron chi connectivity index (χ3n) is 5.47. The smallest absolute Gasteiger partial charge is 0.335 e. The van der Waals surface area contributed by atoms with Crippen molar-refractivity contribution >= 4 is 23.8 Å². The second-order valence-electron chi connectivity index (χ2n) is 7.80. The molecule has 1 fully saturated rings. The first-order chi connectivity index (χ1) is 16.1. The Kier molecular flexibility index (Phi) is 6.99. The average molecular weight is 444 g/mol. The lowest BCUT2D eigenvalue weighted by atomic mass is 10.1. The molecule has 2 N–H and O–H groups in total. The van der Waals surface area contributed by atoms with Crippen LogP contribution in [0.25, 0.3) is 0 Å². The van der Waals surface area contributed by atoms with Crippen molar-refractivity contribution in [3.63, 3.8) is 0 Å². The predicted octanol–water partition coefficient (Wildman–Crippen LogP) is 4.33. The van der Waals surface area contributed by atoms with Gasteiger partial charge in [0.05, 0.1) is 11.8 Å². The zero-order valence-corrected chi connectivity index (χ0v) is 18.1. The van der Waals surface area contributed by atoms with Crippen LogP contribution in [0.4, 0.5) is 5.69 Å². The highest BCUT2D eigenvalue weighted by Gasteiger charge is 2.12. The normalized spacial score (nSPS) is 13.3. The van der Waals surface area contributed by atoms with E-state index in [9.17, 15) is 9.59 Å². The summed E-state index contributed by atoms with van der Waals surface area (Å²) in [6.07, 6.45) is 4.00. The Labute approximate surface area is 192 Å². The highest BCUT2D eigenvalue weighted by atomic mass is 16.5. The lowest BCUT2D eigenvalue weighted by Crippen LogP contribution is -2.19. The van der Waals surface area contributed by atoms with Crippen LogP contribution in [0.15, 0.2) is 77.9 Å². The van der Waals surface area contributed by atoms with E-state index >= 15 is 0 Å². The first kappa shape index (κ1) is 22.1. The van der Waals surface area contributed by atoms with Crippen LogP contribution in [0.3, 0.4) is 0 Å². The summed E-state index contributed by atoms with van der Waals surface area (Å²) >= 11 is 0. The second kappa shape index (κ2) is 10.5. The third kappa shape index (κ3) is 5.98. The van der Waals surface area contributed by atoms with E-state index < -0.39 is 5.97 Å². The van der Waals surface area contributed by atoms with E-state index in [0.29, 0.717) is 17.9 Å². The van der Waals surface area contributed by atoms with Crippen LogP contribution in [-0.4, -0.2) is 36.3 Å². The SMILES string of the molecule is O=C(O)c1ccc(COc2ccc(/C=N\NC(=O)c3ccc(N4CCCC4)cc3)cc2)cc1. The van der Waals surface area contributed by atoms with Gasteiger partial charge in [-0.2, -0.15) is 5.10 Å². The molecule has 7 heteroatoms. The van der Waals surface area contributed by atoms with Crippen LogP contribution in [0.5, 0.6) is 5.75 Å². The Morgan fingerprint density at radius 2 is 1.55 bits per heavy atom. The number of rotatable bonds is 8. The molecule has 0 saturated carbocycles. The van der Waals surface area contributed by atoms with Gasteiger partial charge in [0.15, 0.2) is 0 Å². The zero-order valence-electron chi connectivity index (χ0n) is 18.1. The number of carbonyl (C=O) groups is 2. The number of nitrogens with one attached hydrogen (secondary N) is 1. The molecule has 0 aliphatic carbocycles. The summed E-state index contributed by atoms with van der Waals surface area (Å²) < 4.78 is 5.73. The van der Waals surface area contributed by atoms with Gasteiger partial charge in [-0.15, -0.1) is 0 Å². The molecular weight excluding hydrogens is 418 g/mol. The fourth-order valence-electron chi connectivity index (χ4n) is 3.59. The molecule has 3 aromatic rings. The van der Waals surface area contributed by atoms with Crippen LogP contribution in [-0.2, 0) is 6.61 Å². The topological polar surface area (TPSA) is 91.2 Å². The van der Waals surface area contributed by atoms with Gasteiger partial charge in [0.25, 0.3) is 5.91 Å². The number of hydrogen-bond acceptors (Lipinski definition) is 5. The van der Waals surface area contributed by atoms with Crippen molar-refractivity contribution in [1.82, 2.24) is 5.43 Å². The summed E-state index contributed by atoms with van der Waals surface area (Å²) in [6, 6.07) is 21.4. The Balaban J connectivity index is 1.25. The number of carboxylic acid groups (broad SMARTS) is 1. The molecule has 4 rings (SSSR count). The zero-order chi connectivity index (χ0) is 23.0. The maximum absolute atomic E-state index is 12.3. The highest BCUT2D eigenvalue weighted by molar-refractivity contribution is 5.95. The van der Waals surface area contributed by atoms with Crippen molar-refractivity contribution in [2.75, 3.05) is 18.0 Å². The van der Waals surface area contributed by atoms with Gasteiger partial charge in [-0.3, -0.25) is 4.79 Å². The Morgan fingerprint density at radius 3 is 2.18 bits per heavy atom. The predicted molar refractivity (Wildman–Crippen MR) is 127 cm³/mol. The molecule has 1 amide bonds. The van der Waals surface area contributed by atoms with E-state index in [2.05, 4.69) is 15.4 Å². The molecule has 168 valence electrons. The lowest BCUT2D eigenvalue weighted by Gasteiger charge is -2.17. The molecule has 0 spiro atoms. The molecule has 0 atom stereocenters. The molecule has 0 radical (unpaired) electrons.